The van der Waals surface area contributed by atoms with Crippen molar-refractivity contribution < 1.29 is 36.4 Å². The smallest absolute Gasteiger partial charge is 0.423 e. The molecule has 0 aliphatic heterocycles. The van der Waals surface area contributed by atoms with Crippen LogP contribution in [0.25, 0.3) is 11.3 Å². The van der Waals surface area contributed by atoms with E-state index in [1.165, 1.54) is 0 Å². The Labute approximate surface area is 126 Å². The monoisotopic (exact) mass is 335 g/mol. The normalized spacial score (nSPS) is 12.3. The van der Waals surface area contributed by atoms with Crippen molar-refractivity contribution in [2.24, 2.45) is 0 Å². The van der Waals surface area contributed by atoms with E-state index < -0.39 is 36.4 Å². The minimum atomic E-state index is -4.78. The fraction of sp³-hybridized carbons (Fsp3) is 0.154. The van der Waals surface area contributed by atoms with Crippen LogP contribution in [0, 0.1) is 0 Å². The van der Waals surface area contributed by atoms with Gasteiger partial charge in [0.05, 0.1) is 11.3 Å². The van der Waals surface area contributed by atoms with E-state index in [9.17, 15) is 36.4 Å². The third kappa shape index (κ3) is 3.83. The molecule has 0 saturated heterocycles. The van der Waals surface area contributed by atoms with Crippen molar-refractivity contribution in [3.63, 3.8) is 0 Å². The molecule has 0 unspecified atom stereocenters. The molecule has 1 aromatic heterocycles. The van der Waals surface area contributed by atoms with Gasteiger partial charge in [0, 0.05) is 5.46 Å². The standard InChI is InChI=1S/C13H8BF6NO2/c15-12(16,17)8-3-1-7(2-4-8)11-9(14(22)23)5-6-10(21-11)13(18,19)20/h1-6,22-23H. The topological polar surface area (TPSA) is 53.4 Å². The molecule has 0 radical (unpaired) electrons. The lowest BCUT2D eigenvalue weighted by molar-refractivity contribution is -0.141. The van der Waals surface area contributed by atoms with Crippen molar-refractivity contribution in [1.29, 1.82) is 0 Å². The molecule has 0 bridgehead atoms. The van der Waals surface area contributed by atoms with E-state index in [1.54, 1.807) is 0 Å². The van der Waals surface area contributed by atoms with Crippen molar-refractivity contribution in [3.8, 4) is 11.3 Å². The van der Waals surface area contributed by atoms with E-state index in [0.717, 1.165) is 18.2 Å². The van der Waals surface area contributed by atoms with E-state index in [1.807, 2.05) is 0 Å². The maximum Gasteiger partial charge on any atom is 0.490 e. The number of hydrogen-bond acceptors (Lipinski definition) is 3. The van der Waals surface area contributed by atoms with E-state index in [-0.39, 0.29) is 11.0 Å². The molecular formula is C13H8BF6NO2. The Balaban J connectivity index is 2.56. The maximum atomic E-state index is 12.7. The van der Waals surface area contributed by atoms with Crippen LogP contribution in [-0.4, -0.2) is 22.2 Å². The van der Waals surface area contributed by atoms with Gasteiger partial charge in [-0.15, -0.1) is 0 Å². The predicted octanol–water partition coefficient (Wildman–Crippen LogP) is 2.47. The number of pyridine rings is 1. The van der Waals surface area contributed by atoms with Crippen LogP contribution in [0.15, 0.2) is 36.4 Å². The number of halogens is 6. The zero-order chi connectivity index (χ0) is 17.4. The van der Waals surface area contributed by atoms with Crippen LogP contribution in [0.5, 0.6) is 0 Å². The summed E-state index contributed by atoms with van der Waals surface area (Å²) in [5.41, 5.74) is -3.19. The zero-order valence-corrected chi connectivity index (χ0v) is 11.2. The molecule has 0 aliphatic rings. The van der Waals surface area contributed by atoms with E-state index in [0.29, 0.717) is 18.2 Å². The quantitative estimate of drug-likeness (QED) is 0.655. The number of nitrogens with zero attached hydrogens (tertiary/aromatic N) is 1. The minimum absolute atomic E-state index is 0.104. The summed E-state index contributed by atoms with van der Waals surface area (Å²) in [6.45, 7) is 0. The Morgan fingerprint density at radius 2 is 1.35 bits per heavy atom. The first-order chi connectivity index (χ1) is 10.5. The fourth-order valence-electron chi connectivity index (χ4n) is 1.88. The van der Waals surface area contributed by atoms with E-state index in [4.69, 9.17) is 0 Å². The SMILES string of the molecule is OB(O)c1ccc(C(F)(F)F)nc1-c1ccc(C(F)(F)F)cc1. The van der Waals surface area contributed by atoms with Crippen LogP contribution < -0.4 is 5.46 Å². The van der Waals surface area contributed by atoms with Crippen LogP contribution >= 0.6 is 0 Å². The summed E-state index contributed by atoms with van der Waals surface area (Å²) in [5.74, 6) is 0. The lowest BCUT2D eigenvalue weighted by Gasteiger charge is -2.13. The van der Waals surface area contributed by atoms with E-state index >= 15 is 0 Å². The summed E-state index contributed by atoms with van der Waals surface area (Å²) in [4.78, 5) is 3.30. The molecule has 10 heteroatoms. The second-order valence-electron chi connectivity index (χ2n) is 4.58. The molecule has 0 fully saturated rings. The number of benzene rings is 1. The van der Waals surface area contributed by atoms with Gasteiger partial charge in [0.1, 0.15) is 5.69 Å². The number of hydrogen-bond donors (Lipinski definition) is 2. The predicted molar refractivity (Wildman–Crippen MR) is 69.5 cm³/mol. The van der Waals surface area contributed by atoms with Crippen LogP contribution in [0.4, 0.5) is 26.3 Å². The number of aromatic nitrogens is 1. The first-order valence-corrected chi connectivity index (χ1v) is 6.12. The first kappa shape index (κ1) is 17.3. The first-order valence-electron chi connectivity index (χ1n) is 6.12. The molecule has 0 spiro atoms. The Bertz CT molecular complexity index is 697. The molecule has 23 heavy (non-hydrogen) atoms. The highest BCUT2D eigenvalue weighted by atomic mass is 19.4. The second kappa shape index (κ2) is 5.86. The molecule has 0 aliphatic carbocycles. The Morgan fingerprint density at radius 1 is 0.783 bits per heavy atom. The average molecular weight is 335 g/mol. The van der Waals surface area contributed by atoms with Crippen LogP contribution in [0.1, 0.15) is 11.3 Å². The van der Waals surface area contributed by atoms with Gasteiger partial charge in [-0.2, -0.15) is 26.3 Å². The zero-order valence-electron chi connectivity index (χ0n) is 11.2. The third-order valence-corrected chi connectivity index (χ3v) is 2.98. The Morgan fingerprint density at radius 3 is 1.78 bits per heavy atom. The molecule has 0 atom stereocenters. The van der Waals surface area contributed by atoms with Gasteiger partial charge < -0.3 is 10.0 Å². The molecule has 3 nitrogen and oxygen atoms in total. The van der Waals surface area contributed by atoms with Gasteiger partial charge in [-0.1, -0.05) is 18.2 Å². The molecule has 2 aromatic rings. The third-order valence-electron chi connectivity index (χ3n) is 2.98. The Kier molecular flexibility index (Phi) is 4.40. The molecule has 2 rings (SSSR count). The number of rotatable bonds is 2. The summed E-state index contributed by atoms with van der Waals surface area (Å²) in [6, 6.07) is 4.54. The summed E-state index contributed by atoms with van der Waals surface area (Å²) in [6.07, 6.45) is -9.38. The minimum Gasteiger partial charge on any atom is -0.423 e. The van der Waals surface area contributed by atoms with Crippen LogP contribution in [0.2, 0.25) is 0 Å². The Hall–Kier alpha value is -2.07. The van der Waals surface area contributed by atoms with Crippen LogP contribution in [0.3, 0.4) is 0 Å². The van der Waals surface area contributed by atoms with Crippen LogP contribution in [-0.2, 0) is 12.4 Å². The molecule has 0 amide bonds. The van der Waals surface area contributed by atoms with E-state index in [2.05, 4.69) is 4.98 Å². The summed E-state index contributed by atoms with van der Waals surface area (Å²) in [5, 5.41) is 18.4. The molecule has 1 heterocycles. The van der Waals surface area contributed by atoms with Crippen molar-refractivity contribution in [3.05, 3.63) is 47.7 Å². The molecule has 122 valence electrons. The summed E-state index contributed by atoms with van der Waals surface area (Å²) < 4.78 is 75.6. The summed E-state index contributed by atoms with van der Waals surface area (Å²) >= 11 is 0. The summed E-state index contributed by atoms with van der Waals surface area (Å²) in [7, 11) is -2.12. The van der Waals surface area contributed by atoms with Gasteiger partial charge in [-0.25, -0.2) is 4.98 Å². The van der Waals surface area contributed by atoms with Gasteiger partial charge in [0.2, 0.25) is 0 Å². The van der Waals surface area contributed by atoms with Gasteiger partial charge >= 0.3 is 19.5 Å². The molecule has 0 saturated carbocycles. The lowest BCUT2D eigenvalue weighted by atomic mass is 9.77. The lowest BCUT2D eigenvalue weighted by Crippen LogP contribution is -2.33. The largest absolute Gasteiger partial charge is 0.490 e. The molecular weight excluding hydrogens is 327 g/mol. The second-order valence-corrected chi connectivity index (χ2v) is 4.58. The van der Waals surface area contributed by atoms with Gasteiger partial charge in [-0.05, 0) is 23.8 Å². The fourth-order valence-corrected chi connectivity index (χ4v) is 1.88. The van der Waals surface area contributed by atoms with Gasteiger partial charge in [0.25, 0.3) is 0 Å². The maximum absolute atomic E-state index is 12.7. The highest BCUT2D eigenvalue weighted by molar-refractivity contribution is 6.60. The van der Waals surface area contributed by atoms with Gasteiger partial charge in [-0.3, -0.25) is 0 Å². The molecule has 1 aromatic carbocycles. The number of alkyl halides is 6. The van der Waals surface area contributed by atoms with Crippen molar-refractivity contribution in [2.45, 2.75) is 12.4 Å². The van der Waals surface area contributed by atoms with Crippen molar-refractivity contribution in [1.82, 2.24) is 4.98 Å². The van der Waals surface area contributed by atoms with Crippen molar-refractivity contribution in [2.75, 3.05) is 0 Å². The highest BCUT2D eigenvalue weighted by Gasteiger charge is 2.34. The molecule has 2 N–H and O–H groups in total. The average Bonchev–Trinajstić information content (AvgIpc) is 2.45. The van der Waals surface area contributed by atoms with Gasteiger partial charge in [0.15, 0.2) is 0 Å². The highest BCUT2D eigenvalue weighted by Crippen LogP contribution is 2.32. The van der Waals surface area contributed by atoms with Crippen molar-refractivity contribution >= 4 is 12.6 Å².